The van der Waals surface area contributed by atoms with Crippen LogP contribution in [0.3, 0.4) is 0 Å². The molecule has 0 saturated carbocycles. The molecule has 0 radical (unpaired) electrons. The quantitative estimate of drug-likeness (QED) is 0.0231. The van der Waals surface area contributed by atoms with E-state index in [9.17, 15) is 53.1 Å². The molecule has 13 amide bonds. The van der Waals surface area contributed by atoms with E-state index in [-0.39, 0.29) is 101 Å². The number of rotatable bonds is 18. The molecule has 0 spiro atoms. The van der Waals surface area contributed by atoms with E-state index in [1.54, 1.807) is 32.0 Å². The summed E-state index contributed by atoms with van der Waals surface area (Å²) in [5.41, 5.74) is 18.4. The van der Waals surface area contributed by atoms with Crippen LogP contribution in [-0.2, 0) is 81.6 Å². The number of amides is 13. The van der Waals surface area contributed by atoms with Crippen molar-refractivity contribution in [2.45, 2.75) is 165 Å². The van der Waals surface area contributed by atoms with Crippen LogP contribution in [0.25, 0.3) is 10.8 Å². The number of fused-ring (bicyclic) bond motifs is 26. The summed E-state index contributed by atoms with van der Waals surface area (Å²) in [6.07, 6.45) is -2.10. The summed E-state index contributed by atoms with van der Waals surface area (Å²) in [5.74, 6) is -13.0. The van der Waals surface area contributed by atoms with Gasteiger partial charge in [0, 0.05) is 57.4 Å². The summed E-state index contributed by atoms with van der Waals surface area (Å²) in [5, 5.41) is 41.2. The zero-order chi connectivity index (χ0) is 71.2. The second-order valence-electron chi connectivity index (χ2n) is 25.1. The first-order valence-electron chi connectivity index (χ1n) is 32.6. The van der Waals surface area contributed by atoms with Crippen molar-refractivity contribution in [2.75, 3.05) is 26.2 Å². The van der Waals surface area contributed by atoms with Gasteiger partial charge in [-0.25, -0.2) is 0 Å². The summed E-state index contributed by atoms with van der Waals surface area (Å²) >= 11 is 6.25. The molecule has 4 fully saturated rings. The lowest BCUT2D eigenvalue weighted by Gasteiger charge is -2.31. The normalized spacial score (nSPS) is 22.7. The highest BCUT2D eigenvalue weighted by atomic mass is 35.5. The molecule has 2 bridgehead atoms. The maximum Gasteiger partial charge on any atom is 0.245 e. The molecule has 8 rings (SSSR count). The Hall–Kier alpha value is -10.4. The van der Waals surface area contributed by atoms with Gasteiger partial charge in [0.15, 0.2) is 5.96 Å². The van der Waals surface area contributed by atoms with Gasteiger partial charge >= 0.3 is 0 Å². The first-order chi connectivity index (χ1) is 46.7. The number of nitrogens with two attached hydrogens (primary N) is 3. The Morgan fingerprint density at radius 1 is 0.633 bits per heavy atom. The Kier molecular flexibility index (Phi) is 27.6. The number of phenols is 1. The molecular weight excluding hydrogens is 1290 g/mol. The van der Waals surface area contributed by atoms with Gasteiger partial charge in [-0.15, -0.1) is 0 Å². The van der Waals surface area contributed by atoms with Gasteiger partial charge in [0.2, 0.25) is 76.8 Å². The predicted octanol–water partition coefficient (Wildman–Crippen LogP) is -1.60. The van der Waals surface area contributed by atoms with Gasteiger partial charge in [-0.3, -0.25) is 67.3 Å². The maximum absolute atomic E-state index is 15.2. The van der Waals surface area contributed by atoms with E-state index in [4.69, 9.17) is 28.8 Å². The second-order valence-corrected chi connectivity index (χ2v) is 25.5. The number of phenolic OH excluding ortho intramolecular Hbond substituents is 1. The number of carbonyl (C=O) groups is 13. The molecule has 30 nitrogen and oxygen atoms in total. The topological polar surface area (TPSA) is 468 Å². The maximum atomic E-state index is 15.2. The molecule has 0 aromatic heterocycles. The fourth-order valence-corrected chi connectivity index (χ4v) is 11.8. The first-order valence-corrected chi connectivity index (χ1v) is 33.0. The van der Waals surface area contributed by atoms with Crippen molar-refractivity contribution in [3.05, 3.63) is 113 Å². The summed E-state index contributed by atoms with van der Waals surface area (Å²) in [6, 6.07) is 9.04. The lowest BCUT2D eigenvalue weighted by atomic mass is 10.00. The van der Waals surface area contributed by atoms with E-state index >= 15 is 14.4 Å². The molecule has 4 saturated heterocycles. The molecule has 4 aliphatic rings. The minimum atomic E-state index is -2.06. The van der Waals surface area contributed by atoms with Gasteiger partial charge in [-0.2, -0.15) is 0 Å². The zero-order valence-electron chi connectivity index (χ0n) is 54.8. The SMILES string of the molecule is CC(=O)N[C@H](Cc1ccc2ccccc2c1)C(=O)N[C@@H](Cc1ccc(Cl)cc1)C(=O)N[C@H]1CC(=O)NCCCC[C@H]2NC(=O)[C@H](CC(C)C)NC(=O)[C@H](CCCN=C(N)N)NC(=O)[C@H](Cc3ccc(O)cc3)NC(=O)[C@@H](CC(=O)NC[C@@H](C(N)=O)NC(=O)[C@@H]3CCCN3C2=O)NC1=O. The number of carbonyl (C=O) groups excluding carboxylic acids is 13. The summed E-state index contributed by atoms with van der Waals surface area (Å²) in [4.78, 5) is 193. The number of aromatic hydroxyl groups is 1. The number of guanidine groups is 1. The highest BCUT2D eigenvalue weighted by Crippen LogP contribution is 2.23. The van der Waals surface area contributed by atoms with Gasteiger partial charge in [-0.1, -0.05) is 92.2 Å². The van der Waals surface area contributed by atoms with E-state index in [2.05, 4.69) is 63.5 Å². The van der Waals surface area contributed by atoms with Crippen molar-refractivity contribution >= 4 is 105 Å². The Balaban J connectivity index is 1.32. The molecule has 31 heteroatoms. The van der Waals surface area contributed by atoms with Crippen molar-refractivity contribution in [1.29, 1.82) is 0 Å². The highest BCUT2D eigenvalue weighted by molar-refractivity contribution is 6.30. The van der Waals surface area contributed by atoms with Crippen LogP contribution in [-0.4, -0.2) is 179 Å². The minimum absolute atomic E-state index is 0.00668. The molecular formula is C67H87ClN16O14. The van der Waals surface area contributed by atoms with Gasteiger partial charge in [0.1, 0.15) is 66.2 Å². The van der Waals surface area contributed by atoms with E-state index in [0.29, 0.717) is 28.1 Å². The number of aliphatic imine (C=N–C) groups is 1. The molecule has 4 aromatic carbocycles. The van der Waals surface area contributed by atoms with Gasteiger partial charge in [0.25, 0.3) is 0 Å². The van der Waals surface area contributed by atoms with Crippen molar-refractivity contribution in [3.8, 4) is 5.75 Å². The molecule has 0 unspecified atom stereocenters. The van der Waals surface area contributed by atoms with Gasteiger partial charge in [-0.05, 0) is 109 Å². The van der Waals surface area contributed by atoms with Crippen molar-refractivity contribution in [3.63, 3.8) is 0 Å². The summed E-state index contributed by atoms with van der Waals surface area (Å²) in [6.45, 7) is 3.95. The Morgan fingerprint density at radius 2 is 1.26 bits per heavy atom. The molecule has 526 valence electrons. The molecule has 98 heavy (non-hydrogen) atoms. The fraction of sp³-hybridized carbons (Fsp3) is 0.463. The molecule has 4 aromatic rings. The Labute approximate surface area is 571 Å². The third kappa shape index (κ3) is 22.9. The Bertz CT molecular complexity index is 3610. The first kappa shape index (κ1) is 75.0. The van der Waals surface area contributed by atoms with Crippen LogP contribution in [0.5, 0.6) is 5.75 Å². The van der Waals surface area contributed by atoms with Crippen LogP contribution >= 0.6 is 11.6 Å². The van der Waals surface area contributed by atoms with Crippen LogP contribution in [0.15, 0.2) is 96.0 Å². The second kappa shape index (κ2) is 36.1. The standard InChI is InChI=1S/C67H87ClN16O14/c1-36(2)28-47-59(91)77-46-12-6-7-25-72-55(87)33-51(81-62(94)50(30-38-16-21-43(68)22-17-38)79-60(92)48(75-37(3)85)32-40-15-20-41-10-4-5-11-42(41)29-40)64(96)82-52(34-56(88)74-35-53(57(69)89)83-65(97)54-14-9-27-84(54)66(46)98)63(95)80-49(31-39-18-23-44(86)24-19-39)61(93)76-45(58(90)78-47)13-8-26-73-67(70)71/h4-5,10-11,15-24,29,36,45-54,86H,6-9,12-14,25-28,30-35H2,1-3H3,(H2,69,89)(H,72,87)(H,74,88)(H,75,85)(H,76,93)(H,77,91)(H,78,90)(H,79,92)(H,80,95)(H,81,94)(H,82,96)(H,83,97)(H4,70,71,73)/t45-,46+,47-,48+,49-,50-,51-,52+,53-,54-/m0/s1. The van der Waals surface area contributed by atoms with Gasteiger partial charge < -0.3 is 85.7 Å². The van der Waals surface area contributed by atoms with E-state index in [1.807, 2.05) is 36.4 Å². The lowest BCUT2D eigenvalue weighted by molar-refractivity contribution is -0.142. The molecule has 4 heterocycles. The summed E-state index contributed by atoms with van der Waals surface area (Å²) < 4.78 is 0. The number of nitrogens with zero attached hydrogens (tertiary/aromatic N) is 2. The molecule has 4 aliphatic heterocycles. The average Bonchev–Trinajstić information content (AvgIpc) is 1.53. The molecule has 10 atom stereocenters. The number of hydrogen-bond acceptors (Lipinski definition) is 15. The summed E-state index contributed by atoms with van der Waals surface area (Å²) in [7, 11) is 0. The largest absolute Gasteiger partial charge is 0.508 e. The number of nitrogens with one attached hydrogen (secondary N) is 11. The van der Waals surface area contributed by atoms with Gasteiger partial charge in [0.05, 0.1) is 12.8 Å². The lowest BCUT2D eigenvalue weighted by Crippen LogP contribution is -2.61. The number of benzene rings is 4. The minimum Gasteiger partial charge on any atom is -0.508 e. The van der Waals surface area contributed by atoms with Crippen LogP contribution in [0.4, 0.5) is 0 Å². The highest BCUT2D eigenvalue weighted by Gasteiger charge is 2.41. The zero-order valence-corrected chi connectivity index (χ0v) is 55.5. The van der Waals surface area contributed by atoms with Crippen LogP contribution in [0.2, 0.25) is 5.02 Å². The van der Waals surface area contributed by atoms with Crippen LogP contribution in [0.1, 0.15) is 102 Å². The fourth-order valence-electron chi connectivity index (χ4n) is 11.7. The van der Waals surface area contributed by atoms with Crippen LogP contribution < -0.4 is 75.7 Å². The predicted molar refractivity (Wildman–Crippen MR) is 360 cm³/mol. The van der Waals surface area contributed by atoms with Crippen molar-refractivity contribution < 1.29 is 67.4 Å². The average molecular weight is 1380 g/mol. The van der Waals surface area contributed by atoms with Crippen LogP contribution in [0, 0.1) is 5.92 Å². The number of primary amides is 1. The molecule has 0 aliphatic carbocycles. The van der Waals surface area contributed by atoms with E-state index < -0.39 is 157 Å². The smallest absolute Gasteiger partial charge is 0.245 e. The third-order valence-corrected chi connectivity index (χ3v) is 17.0. The van der Waals surface area contributed by atoms with E-state index in [0.717, 1.165) is 10.8 Å². The Morgan fingerprint density at radius 3 is 1.95 bits per heavy atom. The van der Waals surface area contributed by atoms with E-state index in [1.165, 1.54) is 48.2 Å². The van der Waals surface area contributed by atoms with Crippen molar-refractivity contribution in [1.82, 2.24) is 63.4 Å². The number of halogens is 1. The third-order valence-electron chi connectivity index (χ3n) is 16.8. The molecule has 18 N–H and O–H groups in total. The number of hydrogen-bond donors (Lipinski definition) is 15. The van der Waals surface area contributed by atoms with Crippen molar-refractivity contribution in [2.24, 2.45) is 28.1 Å². The monoisotopic (exact) mass is 1370 g/mol.